The lowest BCUT2D eigenvalue weighted by Crippen LogP contribution is -2.45. The van der Waals surface area contributed by atoms with Gasteiger partial charge in [-0.1, -0.05) is 25.1 Å². The largest absolute Gasteiger partial charge is 0.325 e. The zero-order chi connectivity index (χ0) is 15.1. The Morgan fingerprint density at radius 2 is 2.00 bits per heavy atom. The van der Waals surface area contributed by atoms with Gasteiger partial charge in [-0.2, -0.15) is 0 Å². The summed E-state index contributed by atoms with van der Waals surface area (Å²) in [5.74, 6) is 0.0873. The standard InChI is InChI=1S/C17H27N3O/c1-3-10-18-15-8-11-20(12-9-15)13-17(21)19-16-7-5-4-6-14(16)2/h4-7,15,18H,3,8-13H2,1-2H3,(H,19,21). The number of hydrogen-bond donors (Lipinski definition) is 2. The van der Waals surface area contributed by atoms with Crippen LogP contribution in [-0.4, -0.2) is 43.0 Å². The minimum absolute atomic E-state index is 0.0873. The highest BCUT2D eigenvalue weighted by Gasteiger charge is 2.20. The SMILES string of the molecule is CCCNC1CCN(CC(=O)Nc2ccccc2C)CC1. The molecule has 4 heteroatoms. The van der Waals surface area contributed by atoms with E-state index in [1.165, 1.54) is 6.42 Å². The van der Waals surface area contributed by atoms with Crippen LogP contribution in [0.1, 0.15) is 31.7 Å². The number of nitrogens with one attached hydrogen (secondary N) is 2. The van der Waals surface area contributed by atoms with Crippen molar-refractivity contribution in [2.75, 3.05) is 31.5 Å². The number of anilines is 1. The fraction of sp³-hybridized carbons (Fsp3) is 0.588. The molecule has 2 N–H and O–H groups in total. The summed E-state index contributed by atoms with van der Waals surface area (Å²) in [5.41, 5.74) is 2.02. The molecule has 1 saturated heterocycles. The van der Waals surface area contributed by atoms with Crippen LogP contribution in [0, 0.1) is 6.92 Å². The average molecular weight is 289 g/mol. The smallest absolute Gasteiger partial charge is 0.238 e. The lowest BCUT2D eigenvalue weighted by Gasteiger charge is -2.32. The molecule has 1 heterocycles. The highest BCUT2D eigenvalue weighted by Crippen LogP contribution is 2.14. The molecular weight excluding hydrogens is 262 g/mol. The van der Waals surface area contributed by atoms with Gasteiger partial charge >= 0.3 is 0 Å². The molecule has 1 aliphatic rings. The molecule has 4 nitrogen and oxygen atoms in total. The van der Waals surface area contributed by atoms with E-state index >= 15 is 0 Å². The molecule has 0 saturated carbocycles. The first kappa shape index (κ1) is 16.0. The van der Waals surface area contributed by atoms with Crippen molar-refractivity contribution in [1.29, 1.82) is 0 Å². The Morgan fingerprint density at radius 1 is 1.29 bits per heavy atom. The van der Waals surface area contributed by atoms with Crippen LogP contribution in [0.3, 0.4) is 0 Å². The molecule has 0 aliphatic carbocycles. The quantitative estimate of drug-likeness (QED) is 0.845. The maximum Gasteiger partial charge on any atom is 0.238 e. The number of amides is 1. The Bertz CT molecular complexity index is 453. The van der Waals surface area contributed by atoms with E-state index in [0.717, 1.165) is 43.7 Å². The molecule has 1 aromatic carbocycles. The van der Waals surface area contributed by atoms with Gasteiger partial charge < -0.3 is 10.6 Å². The van der Waals surface area contributed by atoms with Crippen LogP contribution in [-0.2, 0) is 4.79 Å². The second-order valence-electron chi connectivity index (χ2n) is 5.87. The molecule has 0 unspecified atom stereocenters. The topological polar surface area (TPSA) is 44.4 Å². The molecule has 1 aliphatic heterocycles. The third-order valence-electron chi connectivity index (χ3n) is 4.06. The molecule has 0 radical (unpaired) electrons. The number of carbonyl (C=O) groups excluding carboxylic acids is 1. The number of likely N-dealkylation sites (tertiary alicyclic amines) is 1. The van der Waals surface area contributed by atoms with Gasteiger partial charge in [0.25, 0.3) is 0 Å². The summed E-state index contributed by atoms with van der Waals surface area (Å²) in [7, 11) is 0. The van der Waals surface area contributed by atoms with Gasteiger partial charge in [-0.15, -0.1) is 0 Å². The van der Waals surface area contributed by atoms with Crippen LogP contribution in [0.15, 0.2) is 24.3 Å². The van der Waals surface area contributed by atoms with Crippen molar-refractivity contribution in [3.63, 3.8) is 0 Å². The molecule has 116 valence electrons. The van der Waals surface area contributed by atoms with Gasteiger partial charge in [-0.05, 0) is 44.4 Å². The van der Waals surface area contributed by atoms with Crippen molar-refractivity contribution in [3.05, 3.63) is 29.8 Å². The first-order chi connectivity index (χ1) is 10.2. The van der Waals surface area contributed by atoms with Gasteiger partial charge in [0, 0.05) is 24.8 Å². The minimum Gasteiger partial charge on any atom is -0.325 e. The van der Waals surface area contributed by atoms with E-state index in [0.29, 0.717) is 12.6 Å². The summed E-state index contributed by atoms with van der Waals surface area (Å²) in [5, 5.41) is 6.57. The molecule has 0 spiro atoms. The molecule has 2 rings (SSSR count). The summed E-state index contributed by atoms with van der Waals surface area (Å²) in [6, 6.07) is 8.53. The number of piperidine rings is 1. The van der Waals surface area contributed by atoms with E-state index in [2.05, 4.69) is 22.5 Å². The van der Waals surface area contributed by atoms with Crippen LogP contribution in [0.2, 0.25) is 0 Å². The fourth-order valence-electron chi connectivity index (χ4n) is 2.75. The third-order valence-corrected chi connectivity index (χ3v) is 4.06. The molecule has 1 fully saturated rings. The normalized spacial score (nSPS) is 16.9. The minimum atomic E-state index is 0.0873. The van der Waals surface area contributed by atoms with E-state index in [9.17, 15) is 4.79 Å². The maximum atomic E-state index is 12.1. The van der Waals surface area contributed by atoms with E-state index in [1.54, 1.807) is 0 Å². The summed E-state index contributed by atoms with van der Waals surface area (Å²) < 4.78 is 0. The average Bonchev–Trinajstić information content (AvgIpc) is 2.49. The Morgan fingerprint density at radius 3 is 2.67 bits per heavy atom. The number of rotatable bonds is 6. The molecule has 0 bridgehead atoms. The summed E-state index contributed by atoms with van der Waals surface area (Å²) in [4.78, 5) is 14.4. The van der Waals surface area contributed by atoms with E-state index in [1.807, 2.05) is 31.2 Å². The van der Waals surface area contributed by atoms with Crippen LogP contribution in [0.5, 0.6) is 0 Å². The van der Waals surface area contributed by atoms with Gasteiger partial charge in [-0.3, -0.25) is 9.69 Å². The highest BCUT2D eigenvalue weighted by molar-refractivity contribution is 5.92. The summed E-state index contributed by atoms with van der Waals surface area (Å²) >= 11 is 0. The van der Waals surface area contributed by atoms with Gasteiger partial charge in [0.1, 0.15) is 0 Å². The van der Waals surface area contributed by atoms with Crippen LogP contribution in [0.4, 0.5) is 5.69 Å². The molecule has 0 atom stereocenters. The fourth-order valence-corrected chi connectivity index (χ4v) is 2.75. The predicted molar refractivity (Wildman–Crippen MR) is 87.6 cm³/mol. The van der Waals surface area contributed by atoms with Crippen LogP contribution < -0.4 is 10.6 Å². The van der Waals surface area contributed by atoms with Crippen molar-refractivity contribution >= 4 is 11.6 Å². The zero-order valence-corrected chi connectivity index (χ0v) is 13.2. The van der Waals surface area contributed by atoms with E-state index < -0.39 is 0 Å². The van der Waals surface area contributed by atoms with Crippen molar-refractivity contribution in [2.45, 2.75) is 39.2 Å². The summed E-state index contributed by atoms with van der Waals surface area (Å²) in [6.45, 7) is 7.80. The first-order valence-electron chi connectivity index (χ1n) is 8.00. The zero-order valence-electron chi connectivity index (χ0n) is 13.2. The number of hydrogen-bond acceptors (Lipinski definition) is 3. The van der Waals surface area contributed by atoms with Crippen LogP contribution in [0.25, 0.3) is 0 Å². The Balaban J connectivity index is 1.73. The van der Waals surface area contributed by atoms with Crippen LogP contribution >= 0.6 is 0 Å². The molecule has 1 aromatic rings. The first-order valence-corrected chi connectivity index (χ1v) is 8.00. The number of benzene rings is 1. The Kier molecular flexibility index (Phi) is 6.21. The Hall–Kier alpha value is -1.39. The number of para-hydroxylation sites is 1. The van der Waals surface area contributed by atoms with Crippen molar-refractivity contribution < 1.29 is 4.79 Å². The van der Waals surface area contributed by atoms with Crippen molar-refractivity contribution in [3.8, 4) is 0 Å². The van der Waals surface area contributed by atoms with Gasteiger partial charge in [0.2, 0.25) is 5.91 Å². The lowest BCUT2D eigenvalue weighted by atomic mass is 10.0. The highest BCUT2D eigenvalue weighted by atomic mass is 16.2. The monoisotopic (exact) mass is 289 g/mol. The van der Waals surface area contributed by atoms with Gasteiger partial charge in [0.05, 0.1) is 6.54 Å². The van der Waals surface area contributed by atoms with Gasteiger partial charge in [-0.25, -0.2) is 0 Å². The molecule has 1 amide bonds. The molecule has 21 heavy (non-hydrogen) atoms. The second-order valence-corrected chi connectivity index (χ2v) is 5.87. The predicted octanol–water partition coefficient (Wildman–Crippen LogP) is 2.40. The number of carbonyl (C=O) groups is 1. The van der Waals surface area contributed by atoms with Crippen molar-refractivity contribution in [2.24, 2.45) is 0 Å². The third kappa shape index (κ3) is 5.14. The number of aryl methyl sites for hydroxylation is 1. The molecular formula is C17H27N3O. The van der Waals surface area contributed by atoms with E-state index in [-0.39, 0.29) is 5.91 Å². The summed E-state index contributed by atoms with van der Waals surface area (Å²) in [6.07, 6.45) is 3.45. The maximum absolute atomic E-state index is 12.1. The van der Waals surface area contributed by atoms with Crippen molar-refractivity contribution in [1.82, 2.24) is 10.2 Å². The Labute approximate surface area is 127 Å². The lowest BCUT2D eigenvalue weighted by molar-refractivity contribution is -0.117. The number of nitrogens with zero attached hydrogens (tertiary/aromatic N) is 1. The molecule has 0 aromatic heterocycles. The van der Waals surface area contributed by atoms with Gasteiger partial charge in [0.15, 0.2) is 0 Å². The van der Waals surface area contributed by atoms with E-state index in [4.69, 9.17) is 0 Å². The second kappa shape index (κ2) is 8.15.